The summed E-state index contributed by atoms with van der Waals surface area (Å²) in [7, 11) is -3.88. The molecule has 0 aromatic carbocycles. The molecule has 0 radical (unpaired) electrons. The Hall–Kier alpha value is -0.200. The molecule has 1 unspecified atom stereocenters. The van der Waals surface area contributed by atoms with Gasteiger partial charge in [0, 0.05) is 13.5 Å². The van der Waals surface area contributed by atoms with Crippen LogP contribution in [0.25, 0.3) is 0 Å². The third kappa shape index (κ3) is 1.65. The van der Waals surface area contributed by atoms with Gasteiger partial charge in [-0.2, -0.15) is 12.8 Å². The molecule has 0 heterocycles. The fourth-order valence-electron chi connectivity index (χ4n) is 0.432. The van der Waals surface area contributed by atoms with Crippen molar-refractivity contribution in [2.45, 2.75) is 18.5 Å². The Bertz CT molecular complexity index is 193. The molecule has 0 aliphatic rings. The van der Waals surface area contributed by atoms with Gasteiger partial charge in [-0.1, -0.05) is 6.92 Å². The van der Waals surface area contributed by atoms with Crippen LogP contribution in [-0.2, 0) is 14.9 Å². The Balaban J connectivity index is 4.68. The van der Waals surface area contributed by atoms with Gasteiger partial charge in [0.15, 0.2) is 0 Å². The van der Waals surface area contributed by atoms with E-state index in [-0.39, 0.29) is 0 Å². The second-order valence-electron chi connectivity index (χ2n) is 1.69. The minimum Gasteiger partial charge on any atom is -0.336 e. The molecule has 0 fully saturated rings. The van der Waals surface area contributed by atoms with Crippen LogP contribution in [0.1, 0.15) is 13.3 Å². The van der Waals surface area contributed by atoms with Crippen molar-refractivity contribution in [2.24, 2.45) is 0 Å². The Morgan fingerprint density at radius 1 is 1.70 bits per heavy atom. The van der Waals surface area contributed by atoms with Gasteiger partial charge in [-0.15, -0.1) is 0 Å². The Kier molecular flexibility index (Phi) is 2.76. The number of hydrogen-bond acceptors (Lipinski definition) is 3. The van der Waals surface area contributed by atoms with Crippen molar-refractivity contribution in [3.05, 3.63) is 0 Å². The number of methoxy groups -OCH3 is 1. The maximum absolute atomic E-state index is 12.7. The minimum atomic E-state index is -4.75. The zero-order valence-corrected chi connectivity index (χ0v) is 6.48. The van der Waals surface area contributed by atoms with Crippen molar-refractivity contribution < 1.29 is 22.1 Å². The molecule has 62 valence electrons. The largest absolute Gasteiger partial charge is 0.336 e. The SMILES string of the molecule is CCC(F)(OC)S(=O)(=O)O. The van der Waals surface area contributed by atoms with Gasteiger partial charge in [0.05, 0.1) is 0 Å². The molecular weight excluding hydrogens is 163 g/mol. The molecule has 0 spiro atoms. The van der Waals surface area contributed by atoms with Crippen LogP contribution in [0.2, 0.25) is 0 Å². The maximum atomic E-state index is 12.7. The van der Waals surface area contributed by atoms with Crippen molar-refractivity contribution in [3.63, 3.8) is 0 Å². The van der Waals surface area contributed by atoms with Crippen molar-refractivity contribution in [3.8, 4) is 0 Å². The van der Waals surface area contributed by atoms with Gasteiger partial charge in [0.1, 0.15) is 0 Å². The summed E-state index contributed by atoms with van der Waals surface area (Å²) in [5.41, 5.74) is 0. The smallest absolute Gasteiger partial charge is 0.335 e. The average molecular weight is 172 g/mol. The summed E-state index contributed by atoms with van der Waals surface area (Å²) in [6, 6.07) is 0. The average Bonchev–Trinajstić information content (AvgIpc) is 1.84. The van der Waals surface area contributed by atoms with Gasteiger partial charge >= 0.3 is 15.3 Å². The molecule has 0 aromatic rings. The summed E-state index contributed by atoms with van der Waals surface area (Å²) in [5.74, 6) is 0. The molecule has 6 heteroatoms. The second-order valence-corrected chi connectivity index (χ2v) is 3.25. The minimum absolute atomic E-state index is 0.442. The van der Waals surface area contributed by atoms with Crippen molar-refractivity contribution >= 4 is 10.1 Å². The lowest BCUT2D eigenvalue weighted by Crippen LogP contribution is -2.34. The maximum Gasteiger partial charge on any atom is 0.335 e. The molecule has 0 aliphatic carbocycles. The molecule has 1 atom stereocenters. The Labute approximate surface area is 58.7 Å². The van der Waals surface area contributed by atoms with Crippen molar-refractivity contribution in [2.75, 3.05) is 7.11 Å². The first kappa shape index (κ1) is 9.80. The molecule has 0 bridgehead atoms. The fourth-order valence-corrected chi connectivity index (χ4v) is 1.01. The van der Waals surface area contributed by atoms with Gasteiger partial charge in [-0.3, -0.25) is 4.55 Å². The first-order valence-electron chi connectivity index (χ1n) is 2.58. The Morgan fingerprint density at radius 3 is 2.10 bits per heavy atom. The van der Waals surface area contributed by atoms with Crippen LogP contribution in [0.3, 0.4) is 0 Å². The van der Waals surface area contributed by atoms with E-state index < -0.39 is 21.7 Å². The lowest BCUT2D eigenvalue weighted by molar-refractivity contribution is -0.0561. The number of ether oxygens (including phenoxy) is 1. The predicted molar refractivity (Wildman–Crippen MR) is 32.7 cm³/mol. The highest BCUT2D eigenvalue weighted by atomic mass is 32.2. The van der Waals surface area contributed by atoms with Crippen LogP contribution < -0.4 is 0 Å². The topological polar surface area (TPSA) is 63.6 Å². The summed E-state index contributed by atoms with van der Waals surface area (Å²) < 4.78 is 45.2. The lowest BCUT2D eigenvalue weighted by Gasteiger charge is -2.17. The van der Waals surface area contributed by atoms with E-state index in [0.29, 0.717) is 0 Å². The highest BCUT2D eigenvalue weighted by Crippen LogP contribution is 2.22. The van der Waals surface area contributed by atoms with E-state index in [2.05, 4.69) is 4.74 Å². The number of halogens is 1. The van der Waals surface area contributed by atoms with Gasteiger partial charge in [0.2, 0.25) is 0 Å². The summed E-state index contributed by atoms with van der Waals surface area (Å²) >= 11 is 0. The number of hydrogen-bond donors (Lipinski definition) is 1. The van der Waals surface area contributed by atoms with E-state index in [1.807, 2.05) is 0 Å². The molecule has 0 saturated heterocycles. The van der Waals surface area contributed by atoms with Crippen molar-refractivity contribution in [1.29, 1.82) is 0 Å². The first-order valence-corrected chi connectivity index (χ1v) is 4.02. The third-order valence-electron chi connectivity index (χ3n) is 1.11. The van der Waals surface area contributed by atoms with E-state index >= 15 is 0 Å². The summed E-state index contributed by atoms with van der Waals surface area (Å²) in [4.78, 5) is 0. The second kappa shape index (κ2) is 2.81. The molecule has 0 aromatic heterocycles. The molecule has 10 heavy (non-hydrogen) atoms. The van der Waals surface area contributed by atoms with E-state index in [0.717, 1.165) is 7.11 Å². The zero-order valence-electron chi connectivity index (χ0n) is 5.67. The molecule has 1 N–H and O–H groups in total. The highest BCUT2D eigenvalue weighted by Gasteiger charge is 2.41. The normalized spacial score (nSPS) is 18.4. The molecular formula is C4H9FO4S. The Morgan fingerprint density at radius 2 is 2.10 bits per heavy atom. The zero-order chi connectivity index (χ0) is 8.41. The summed E-state index contributed by atoms with van der Waals surface area (Å²) in [5, 5.41) is -2.95. The van der Waals surface area contributed by atoms with Crippen LogP contribution in [0.4, 0.5) is 4.39 Å². The molecule has 0 saturated carbocycles. The van der Waals surface area contributed by atoms with Crippen LogP contribution in [0, 0.1) is 0 Å². The van der Waals surface area contributed by atoms with E-state index in [4.69, 9.17) is 4.55 Å². The van der Waals surface area contributed by atoms with Crippen LogP contribution in [0.15, 0.2) is 0 Å². The number of alkyl halides is 1. The van der Waals surface area contributed by atoms with Gasteiger partial charge < -0.3 is 4.74 Å². The summed E-state index contributed by atoms with van der Waals surface area (Å²) in [6.07, 6.45) is -0.442. The molecule has 4 nitrogen and oxygen atoms in total. The molecule has 0 amide bonds. The van der Waals surface area contributed by atoms with E-state index in [1.54, 1.807) is 0 Å². The monoisotopic (exact) mass is 172 g/mol. The van der Waals surface area contributed by atoms with Crippen LogP contribution in [0.5, 0.6) is 0 Å². The lowest BCUT2D eigenvalue weighted by atomic mass is 10.5. The highest BCUT2D eigenvalue weighted by molar-refractivity contribution is 7.86. The predicted octanol–water partition coefficient (Wildman–Crippen LogP) is 0.554. The van der Waals surface area contributed by atoms with E-state index in [9.17, 15) is 12.8 Å². The summed E-state index contributed by atoms with van der Waals surface area (Å²) in [6.45, 7) is 1.25. The number of rotatable bonds is 3. The van der Waals surface area contributed by atoms with Gasteiger partial charge in [-0.05, 0) is 0 Å². The van der Waals surface area contributed by atoms with Crippen LogP contribution in [-0.4, -0.2) is 25.3 Å². The first-order chi connectivity index (χ1) is 4.37. The fraction of sp³-hybridized carbons (Fsp3) is 1.00. The van der Waals surface area contributed by atoms with Gasteiger partial charge in [-0.25, -0.2) is 0 Å². The quantitative estimate of drug-likeness (QED) is 0.631. The standard InChI is InChI=1S/C4H9FO4S/c1-3-4(5,9-2)10(6,7)8/h3H2,1-2H3,(H,6,7,8). The molecule has 0 aliphatic heterocycles. The van der Waals surface area contributed by atoms with E-state index in [1.165, 1.54) is 6.92 Å². The molecule has 0 rings (SSSR count). The van der Waals surface area contributed by atoms with Crippen LogP contribution >= 0.6 is 0 Å². The van der Waals surface area contributed by atoms with Crippen molar-refractivity contribution in [1.82, 2.24) is 0 Å². The van der Waals surface area contributed by atoms with Gasteiger partial charge in [0.25, 0.3) is 0 Å². The third-order valence-corrected chi connectivity index (χ3v) is 2.34.